The number of ether oxygens (including phenoxy) is 2. The summed E-state index contributed by atoms with van der Waals surface area (Å²) in [5, 5.41) is 0. The maximum Gasteiger partial charge on any atom is 0.279 e. The highest BCUT2D eigenvalue weighted by Crippen LogP contribution is 2.23. The van der Waals surface area contributed by atoms with Gasteiger partial charge in [0.05, 0.1) is 23.4 Å². The molecule has 5 nitrogen and oxygen atoms in total. The first-order valence-electron chi connectivity index (χ1n) is 8.85. The second kappa shape index (κ2) is 8.68. The summed E-state index contributed by atoms with van der Waals surface area (Å²) in [7, 11) is 0. The molecule has 3 aromatic rings. The minimum absolute atomic E-state index is 0.285. The van der Waals surface area contributed by atoms with Crippen molar-refractivity contribution in [3.8, 4) is 11.5 Å². The van der Waals surface area contributed by atoms with E-state index in [0.29, 0.717) is 30.1 Å². The summed E-state index contributed by atoms with van der Waals surface area (Å²) in [6.07, 6.45) is 1.79. The summed E-state index contributed by atoms with van der Waals surface area (Å²) < 4.78 is 14.0. The van der Waals surface area contributed by atoms with Crippen LogP contribution in [0.25, 0.3) is 10.2 Å². The molecule has 6 heteroatoms. The Morgan fingerprint density at radius 2 is 1.78 bits per heavy atom. The average molecular weight is 382 g/mol. The zero-order chi connectivity index (χ0) is 19.2. The summed E-state index contributed by atoms with van der Waals surface area (Å²) in [6, 6.07) is 12.9. The van der Waals surface area contributed by atoms with Crippen molar-refractivity contribution in [1.82, 2.24) is 4.57 Å². The first kappa shape index (κ1) is 18.9. The Balaban J connectivity index is 2.01. The molecule has 3 rings (SSSR count). The number of nitrogens with zero attached hydrogens (tertiary/aromatic N) is 2. The number of thiazole rings is 1. The number of hydrogen-bond donors (Lipinski definition) is 0. The molecular formula is C21H22N2O3S. The molecule has 0 fully saturated rings. The molecule has 0 aliphatic carbocycles. The number of hydrogen-bond acceptors (Lipinski definition) is 4. The van der Waals surface area contributed by atoms with E-state index in [4.69, 9.17) is 9.47 Å². The van der Waals surface area contributed by atoms with Crippen LogP contribution in [0.2, 0.25) is 0 Å². The van der Waals surface area contributed by atoms with E-state index in [2.05, 4.69) is 11.6 Å². The molecule has 0 aliphatic rings. The van der Waals surface area contributed by atoms with Crippen molar-refractivity contribution in [1.29, 1.82) is 0 Å². The number of aromatic nitrogens is 1. The van der Waals surface area contributed by atoms with Gasteiger partial charge in [0.2, 0.25) is 0 Å². The Hall–Kier alpha value is -2.86. The van der Waals surface area contributed by atoms with Gasteiger partial charge in [-0.15, -0.1) is 6.58 Å². The van der Waals surface area contributed by atoms with E-state index >= 15 is 0 Å². The lowest BCUT2D eigenvalue weighted by Gasteiger charge is -2.04. The maximum atomic E-state index is 12.6. The van der Waals surface area contributed by atoms with Gasteiger partial charge in [-0.05, 0) is 56.3 Å². The fourth-order valence-electron chi connectivity index (χ4n) is 2.71. The van der Waals surface area contributed by atoms with Crippen molar-refractivity contribution >= 4 is 27.5 Å². The van der Waals surface area contributed by atoms with E-state index in [1.165, 1.54) is 11.3 Å². The van der Waals surface area contributed by atoms with Crippen LogP contribution in [0.3, 0.4) is 0 Å². The predicted octanol–water partition coefficient (Wildman–Crippen LogP) is 4.43. The van der Waals surface area contributed by atoms with Crippen LogP contribution in [0, 0.1) is 0 Å². The second-order valence-corrected chi connectivity index (χ2v) is 6.73. The van der Waals surface area contributed by atoms with Gasteiger partial charge in [-0.1, -0.05) is 17.4 Å². The lowest BCUT2D eigenvalue weighted by Crippen LogP contribution is -2.16. The van der Waals surface area contributed by atoms with E-state index in [1.54, 1.807) is 30.3 Å². The van der Waals surface area contributed by atoms with E-state index in [0.717, 1.165) is 21.7 Å². The van der Waals surface area contributed by atoms with Crippen molar-refractivity contribution in [2.75, 3.05) is 13.2 Å². The number of amides is 1. The zero-order valence-corrected chi connectivity index (χ0v) is 16.3. The third-order valence-corrected chi connectivity index (χ3v) is 4.93. The number of allylic oxidation sites excluding steroid dienone is 1. The van der Waals surface area contributed by atoms with E-state index in [1.807, 2.05) is 36.6 Å². The Bertz CT molecular complexity index is 1020. The summed E-state index contributed by atoms with van der Waals surface area (Å²) in [5.41, 5.74) is 1.53. The predicted molar refractivity (Wildman–Crippen MR) is 109 cm³/mol. The van der Waals surface area contributed by atoms with Crippen LogP contribution in [0.1, 0.15) is 24.2 Å². The van der Waals surface area contributed by atoms with Gasteiger partial charge in [-0.3, -0.25) is 4.79 Å². The average Bonchev–Trinajstić information content (AvgIpc) is 3.00. The Morgan fingerprint density at radius 3 is 2.44 bits per heavy atom. The molecule has 0 radical (unpaired) electrons. The molecule has 2 aromatic carbocycles. The molecule has 0 spiro atoms. The van der Waals surface area contributed by atoms with Crippen LogP contribution in [0.5, 0.6) is 11.5 Å². The zero-order valence-electron chi connectivity index (χ0n) is 15.5. The summed E-state index contributed by atoms with van der Waals surface area (Å²) in [4.78, 5) is 17.6. The molecule has 1 aromatic heterocycles. The van der Waals surface area contributed by atoms with Crippen LogP contribution in [-0.2, 0) is 6.54 Å². The molecular weight excluding hydrogens is 360 g/mol. The number of carbonyl (C=O) groups excluding carboxylic acids is 1. The van der Waals surface area contributed by atoms with Gasteiger partial charge >= 0.3 is 0 Å². The molecule has 0 aliphatic heterocycles. The van der Waals surface area contributed by atoms with Gasteiger partial charge in [0.25, 0.3) is 5.91 Å². The van der Waals surface area contributed by atoms with E-state index in [-0.39, 0.29) is 5.91 Å². The molecule has 1 amide bonds. The van der Waals surface area contributed by atoms with Crippen molar-refractivity contribution in [3.05, 3.63) is 65.5 Å². The molecule has 0 atom stereocenters. The van der Waals surface area contributed by atoms with Gasteiger partial charge in [0.15, 0.2) is 4.80 Å². The number of benzene rings is 2. The molecule has 0 saturated heterocycles. The standard InChI is InChI=1S/C21H22N2O3S/c1-4-13-23-18-12-11-17(26-6-3)14-19(18)27-21(23)22-20(24)15-7-9-16(10-8-15)25-5-2/h4,7-12,14H,1,5-6,13H2,2-3H3. The van der Waals surface area contributed by atoms with Gasteiger partial charge in [-0.2, -0.15) is 4.99 Å². The van der Waals surface area contributed by atoms with E-state index in [9.17, 15) is 4.79 Å². The Kier molecular flexibility index (Phi) is 6.08. The fraction of sp³-hybridized carbons (Fsp3) is 0.238. The first-order valence-corrected chi connectivity index (χ1v) is 9.67. The van der Waals surface area contributed by atoms with Crippen LogP contribution >= 0.6 is 11.3 Å². The third-order valence-electron chi connectivity index (χ3n) is 3.89. The highest BCUT2D eigenvalue weighted by atomic mass is 32.1. The quantitative estimate of drug-likeness (QED) is 0.568. The second-order valence-electron chi connectivity index (χ2n) is 5.72. The molecule has 0 bridgehead atoms. The molecule has 1 heterocycles. The first-order chi connectivity index (χ1) is 13.2. The minimum Gasteiger partial charge on any atom is -0.494 e. The van der Waals surface area contributed by atoms with E-state index < -0.39 is 0 Å². The number of rotatable bonds is 7. The smallest absolute Gasteiger partial charge is 0.279 e. The summed E-state index contributed by atoms with van der Waals surface area (Å²) in [6.45, 7) is 9.46. The van der Waals surface area contributed by atoms with Gasteiger partial charge in [0, 0.05) is 12.1 Å². The van der Waals surface area contributed by atoms with Gasteiger partial charge in [-0.25, -0.2) is 0 Å². The Morgan fingerprint density at radius 1 is 1.11 bits per heavy atom. The molecule has 0 unspecified atom stereocenters. The van der Waals surface area contributed by atoms with Crippen LogP contribution < -0.4 is 14.3 Å². The van der Waals surface area contributed by atoms with Crippen molar-refractivity contribution in [3.63, 3.8) is 0 Å². The minimum atomic E-state index is -0.285. The molecule has 0 saturated carbocycles. The van der Waals surface area contributed by atoms with Crippen molar-refractivity contribution < 1.29 is 14.3 Å². The maximum absolute atomic E-state index is 12.6. The van der Waals surface area contributed by atoms with Crippen LogP contribution in [0.4, 0.5) is 0 Å². The van der Waals surface area contributed by atoms with Crippen LogP contribution in [0.15, 0.2) is 60.1 Å². The summed E-state index contributed by atoms with van der Waals surface area (Å²) in [5.74, 6) is 1.26. The largest absolute Gasteiger partial charge is 0.494 e. The van der Waals surface area contributed by atoms with Crippen LogP contribution in [-0.4, -0.2) is 23.7 Å². The lowest BCUT2D eigenvalue weighted by molar-refractivity contribution is 0.0998. The SMILES string of the molecule is C=CCn1c(=NC(=O)c2ccc(OCC)cc2)sc2cc(OCC)ccc21. The number of carbonyl (C=O) groups is 1. The number of fused-ring (bicyclic) bond motifs is 1. The summed E-state index contributed by atoms with van der Waals surface area (Å²) >= 11 is 1.46. The van der Waals surface area contributed by atoms with Gasteiger partial charge < -0.3 is 14.0 Å². The molecule has 140 valence electrons. The highest BCUT2D eigenvalue weighted by Gasteiger charge is 2.10. The topological polar surface area (TPSA) is 52.8 Å². The molecule has 0 N–H and O–H groups in total. The van der Waals surface area contributed by atoms with Crippen molar-refractivity contribution in [2.24, 2.45) is 4.99 Å². The fourth-order valence-corrected chi connectivity index (χ4v) is 3.78. The molecule has 27 heavy (non-hydrogen) atoms. The third kappa shape index (κ3) is 4.28. The monoisotopic (exact) mass is 382 g/mol. The van der Waals surface area contributed by atoms with Crippen molar-refractivity contribution in [2.45, 2.75) is 20.4 Å². The normalized spacial score (nSPS) is 11.6. The lowest BCUT2D eigenvalue weighted by atomic mass is 10.2. The highest BCUT2D eigenvalue weighted by molar-refractivity contribution is 7.16. The van der Waals surface area contributed by atoms with Gasteiger partial charge in [0.1, 0.15) is 11.5 Å². The Labute approximate surface area is 162 Å².